The van der Waals surface area contributed by atoms with Crippen molar-refractivity contribution >= 4 is 11.8 Å². The minimum atomic E-state index is -0.169. The van der Waals surface area contributed by atoms with Crippen molar-refractivity contribution in [1.29, 1.82) is 0 Å². The Hall–Kier alpha value is -2.90. The molecule has 5 rings (SSSR count). The molecule has 2 amide bonds. The molecule has 0 saturated heterocycles. The number of hydrogen-bond donors (Lipinski definition) is 5. The van der Waals surface area contributed by atoms with E-state index in [0.29, 0.717) is 61.2 Å². The molecule has 0 heterocycles. The highest BCUT2D eigenvalue weighted by molar-refractivity contribution is 5.94. The molecule has 0 aliphatic heterocycles. The van der Waals surface area contributed by atoms with Gasteiger partial charge in [-0.3, -0.25) is 9.59 Å². The summed E-state index contributed by atoms with van der Waals surface area (Å²) in [6.07, 6.45) is 10.8. The number of aliphatic hydroxyl groups is 1. The third-order valence-electron chi connectivity index (χ3n) is 10.8. The van der Waals surface area contributed by atoms with E-state index in [1.807, 2.05) is 36.4 Å². The summed E-state index contributed by atoms with van der Waals surface area (Å²) in [4.78, 5) is 23.5. The monoisotopic (exact) mass is 589 g/mol. The molecule has 234 valence electrons. The van der Waals surface area contributed by atoms with Crippen molar-refractivity contribution in [2.24, 2.45) is 23.2 Å². The lowest BCUT2D eigenvalue weighted by Crippen LogP contribution is -2.47. The van der Waals surface area contributed by atoms with Crippen LogP contribution in [0.25, 0.3) is 0 Å². The zero-order chi connectivity index (χ0) is 30.4. The highest BCUT2D eigenvalue weighted by Crippen LogP contribution is 2.62. The quantitative estimate of drug-likeness (QED) is 0.200. The van der Waals surface area contributed by atoms with Gasteiger partial charge >= 0.3 is 0 Å². The number of fused-ring (bicyclic) bond motifs is 5. The average molecular weight is 590 g/mol. The number of rotatable bonds is 13. The molecule has 2 fully saturated rings. The first kappa shape index (κ1) is 31.5. The van der Waals surface area contributed by atoms with Crippen LogP contribution in [0.2, 0.25) is 0 Å². The summed E-state index contributed by atoms with van der Waals surface area (Å²) < 4.78 is 0. The van der Waals surface area contributed by atoms with Gasteiger partial charge < -0.3 is 26.2 Å². The van der Waals surface area contributed by atoms with Gasteiger partial charge in [0.15, 0.2) is 0 Å². The Kier molecular flexibility index (Phi) is 10.5. The van der Waals surface area contributed by atoms with Crippen molar-refractivity contribution in [2.45, 2.75) is 96.6 Å². The van der Waals surface area contributed by atoms with Crippen molar-refractivity contribution in [3.63, 3.8) is 0 Å². The molecule has 3 aliphatic rings. The fraction of sp³-hybridized carbons (Fsp3) is 0.611. The van der Waals surface area contributed by atoms with Gasteiger partial charge in [0.05, 0.1) is 6.10 Å². The van der Waals surface area contributed by atoms with E-state index >= 15 is 0 Å². The standard InChI is InChI=1S/C36H51N3O4/c1-24(40)38-20-19-37-23-25-8-10-26(11-9-25)35(43)39-18-6-4-3-5-7-27-21-28-22-29(41)12-13-30(28)31-16-17-36(2)32(34(27)31)14-15-33(36)42/h8-13,22,27,31-34,37,41-42H,3-7,14-21,23H2,1-2H3,(H,38,40)(H,39,43)/t27-,31-,32+,33+,34-,36+/m1/s1. The second kappa shape index (κ2) is 14.3. The van der Waals surface area contributed by atoms with Crippen molar-refractivity contribution in [2.75, 3.05) is 19.6 Å². The van der Waals surface area contributed by atoms with E-state index in [1.54, 1.807) is 0 Å². The molecule has 43 heavy (non-hydrogen) atoms. The fourth-order valence-electron chi connectivity index (χ4n) is 8.55. The van der Waals surface area contributed by atoms with Crippen LogP contribution in [-0.4, -0.2) is 47.8 Å². The van der Waals surface area contributed by atoms with Crippen molar-refractivity contribution < 1.29 is 19.8 Å². The number of aromatic hydroxyl groups is 1. The van der Waals surface area contributed by atoms with Gasteiger partial charge in [0, 0.05) is 38.7 Å². The second-order valence-corrected chi connectivity index (χ2v) is 13.6. The predicted octanol–water partition coefficient (Wildman–Crippen LogP) is 5.44. The lowest BCUT2D eigenvalue weighted by Gasteiger charge is -2.53. The van der Waals surface area contributed by atoms with Gasteiger partial charge in [0.2, 0.25) is 5.91 Å². The minimum absolute atomic E-state index is 0.0263. The van der Waals surface area contributed by atoms with Crippen LogP contribution in [-0.2, 0) is 17.8 Å². The van der Waals surface area contributed by atoms with Gasteiger partial charge in [-0.05, 0) is 115 Å². The van der Waals surface area contributed by atoms with E-state index in [2.05, 4.69) is 28.9 Å². The number of carbonyl (C=O) groups is 2. The van der Waals surface area contributed by atoms with Gasteiger partial charge in [-0.1, -0.05) is 44.4 Å². The Morgan fingerprint density at radius 3 is 2.51 bits per heavy atom. The highest BCUT2D eigenvalue weighted by Gasteiger charge is 2.56. The SMILES string of the molecule is CC(=O)NCCNCc1ccc(C(=O)NCCCCCC[C@@H]2Cc3cc(O)ccc3[C@H]3CC[C@]4(C)[C@@H](O)CC[C@H]4[C@H]23)cc1. The van der Waals surface area contributed by atoms with Gasteiger partial charge in [0.25, 0.3) is 5.91 Å². The van der Waals surface area contributed by atoms with Crippen LogP contribution in [0.4, 0.5) is 0 Å². The summed E-state index contributed by atoms with van der Waals surface area (Å²) in [5.74, 6) is 2.68. The average Bonchev–Trinajstić information content (AvgIpc) is 3.30. The van der Waals surface area contributed by atoms with Crippen LogP contribution in [0.1, 0.15) is 105 Å². The number of aliphatic hydroxyl groups excluding tert-OH is 1. The summed E-state index contributed by atoms with van der Waals surface area (Å²) in [7, 11) is 0. The Bertz CT molecular complexity index is 1250. The Labute approximate surface area is 257 Å². The van der Waals surface area contributed by atoms with E-state index < -0.39 is 0 Å². The Morgan fingerprint density at radius 1 is 0.930 bits per heavy atom. The first-order chi connectivity index (χ1) is 20.8. The van der Waals surface area contributed by atoms with E-state index in [9.17, 15) is 19.8 Å². The first-order valence-corrected chi connectivity index (χ1v) is 16.6. The first-order valence-electron chi connectivity index (χ1n) is 16.6. The Balaban J connectivity index is 1.04. The maximum Gasteiger partial charge on any atom is 0.251 e. The van der Waals surface area contributed by atoms with E-state index in [0.717, 1.165) is 56.9 Å². The molecular formula is C36H51N3O4. The van der Waals surface area contributed by atoms with Crippen molar-refractivity contribution in [1.82, 2.24) is 16.0 Å². The molecular weight excluding hydrogens is 538 g/mol. The molecule has 0 radical (unpaired) electrons. The third-order valence-corrected chi connectivity index (χ3v) is 10.8. The third kappa shape index (κ3) is 7.43. The van der Waals surface area contributed by atoms with Crippen LogP contribution in [0.5, 0.6) is 5.75 Å². The van der Waals surface area contributed by atoms with E-state index in [1.165, 1.54) is 30.9 Å². The van der Waals surface area contributed by atoms with Crippen LogP contribution in [0, 0.1) is 23.2 Å². The number of phenols is 1. The normalized spacial score (nSPS) is 27.6. The maximum absolute atomic E-state index is 12.6. The van der Waals surface area contributed by atoms with Crippen LogP contribution in [0.15, 0.2) is 42.5 Å². The van der Waals surface area contributed by atoms with Crippen molar-refractivity contribution in [3.05, 3.63) is 64.7 Å². The number of benzene rings is 2. The molecule has 0 aromatic heterocycles. The predicted molar refractivity (Wildman–Crippen MR) is 170 cm³/mol. The second-order valence-electron chi connectivity index (χ2n) is 13.6. The van der Waals surface area contributed by atoms with Crippen LogP contribution < -0.4 is 16.0 Å². The molecule has 7 heteroatoms. The molecule has 0 unspecified atom stereocenters. The molecule has 7 nitrogen and oxygen atoms in total. The molecule has 3 aliphatic carbocycles. The summed E-state index contributed by atoms with van der Waals surface area (Å²) in [6, 6.07) is 13.7. The van der Waals surface area contributed by atoms with E-state index in [-0.39, 0.29) is 23.3 Å². The molecule has 6 atom stereocenters. The lowest BCUT2D eigenvalue weighted by atomic mass is 9.52. The largest absolute Gasteiger partial charge is 0.508 e. The maximum atomic E-state index is 12.6. The highest BCUT2D eigenvalue weighted by atomic mass is 16.3. The number of amides is 2. The number of carbonyl (C=O) groups excluding carboxylic acids is 2. The van der Waals surface area contributed by atoms with Gasteiger partial charge in [-0.25, -0.2) is 0 Å². The topological polar surface area (TPSA) is 111 Å². The number of phenolic OH excluding ortho intramolecular Hbond substituents is 1. The summed E-state index contributed by atoms with van der Waals surface area (Å²) >= 11 is 0. The molecule has 2 saturated carbocycles. The zero-order valence-electron chi connectivity index (χ0n) is 26.0. The fourth-order valence-corrected chi connectivity index (χ4v) is 8.55. The van der Waals surface area contributed by atoms with E-state index in [4.69, 9.17) is 0 Å². The summed E-state index contributed by atoms with van der Waals surface area (Å²) in [6.45, 7) is 6.53. The number of hydrogen-bond acceptors (Lipinski definition) is 5. The molecule has 5 N–H and O–H groups in total. The van der Waals surface area contributed by atoms with Gasteiger partial charge in [-0.15, -0.1) is 0 Å². The van der Waals surface area contributed by atoms with Gasteiger partial charge in [-0.2, -0.15) is 0 Å². The molecule has 0 spiro atoms. The molecule has 0 bridgehead atoms. The lowest BCUT2D eigenvalue weighted by molar-refractivity contribution is -0.118. The van der Waals surface area contributed by atoms with Crippen LogP contribution in [0.3, 0.4) is 0 Å². The van der Waals surface area contributed by atoms with Gasteiger partial charge in [0.1, 0.15) is 5.75 Å². The molecule has 2 aromatic rings. The summed E-state index contributed by atoms with van der Waals surface area (Å²) in [5.41, 5.74) is 4.62. The van der Waals surface area contributed by atoms with Crippen molar-refractivity contribution in [3.8, 4) is 5.75 Å². The smallest absolute Gasteiger partial charge is 0.251 e. The minimum Gasteiger partial charge on any atom is -0.508 e. The number of unbranched alkanes of at least 4 members (excludes halogenated alkanes) is 3. The Morgan fingerprint density at radius 2 is 1.72 bits per heavy atom. The summed E-state index contributed by atoms with van der Waals surface area (Å²) in [5, 5.41) is 30.2. The zero-order valence-corrected chi connectivity index (χ0v) is 26.0. The number of nitrogens with one attached hydrogen (secondary N) is 3. The molecule has 2 aromatic carbocycles. The van der Waals surface area contributed by atoms with Crippen LogP contribution >= 0.6 is 0 Å².